The topological polar surface area (TPSA) is 72.5 Å². The molecule has 104 valence electrons. The number of ether oxygens (including phenoxy) is 1. The average Bonchev–Trinajstić information content (AvgIpc) is 2.79. The summed E-state index contributed by atoms with van der Waals surface area (Å²) in [5.74, 6) is 1.44. The van der Waals surface area contributed by atoms with Gasteiger partial charge in [-0.05, 0) is 44.1 Å². The first-order valence-electron chi connectivity index (χ1n) is 6.52. The lowest BCUT2D eigenvalue weighted by molar-refractivity contribution is -0.142. The number of rotatable bonds is 3. The van der Waals surface area contributed by atoms with Crippen LogP contribution in [-0.4, -0.2) is 45.6 Å². The number of methoxy groups -OCH3 is 1. The first-order chi connectivity index (χ1) is 8.50. The first kappa shape index (κ1) is 13.8. The van der Waals surface area contributed by atoms with Crippen LogP contribution in [0.4, 0.5) is 0 Å². The molecule has 0 radical (unpaired) electrons. The van der Waals surface area contributed by atoms with Crippen molar-refractivity contribution < 1.29 is 17.9 Å². The third-order valence-corrected chi connectivity index (χ3v) is 5.76. The maximum Gasteiger partial charge on any atom is 0.322 e. The van der Waals surface area contributed by atoms with Crippen LogP contribution >= 0.6 is 0 Å². The summed E-state index contributed by atoms with van der Waals surface area (Å²) in [4.78, 5) is 11.4. The van der Waals surface area contributed by atoms with E-state index in [1.165, 1.54) is 7.11 Å². The van der Waals surface area contributed by atoms with Crippen molar-refractivity contribution in [1.82, 2.24) is 5.32 Å². The molecule has 0 bridgehead atoms. The Morgan fingerprint density at radius 1 is 1.28 bits per heavy atom. The second-order valence-corrected chi connectivity index (χ2v) is 7.72. The van der Waals surface area contributed by atoms with Crippen molar-refractivity contribution in [2.24, 2.45) is 11.8 Å². The zero-order valence-electron chi connectivity index (χ0n) is 10.7. The van der Waals surface area contributed by atoms with Crippen LogP contribution in [0.25, 0.3) is 0 Å². The van der Waals surface area contributed by atoms with Crippen LogP contribution in [0.1, 0.15) is 25.7 Å². The molecule has 18 heavy (non-hydrogen) atoms. The van der Waals surface area contributed by atoms with Crippen LogP contribution in [-0.2, 0) is 19.4 Å². The van der Waals surface area contributed by atoms with E-state index in [-0.39, 0.29) is 12.0 Å². The highest BCUT2D eigenvalue weighted by Crippen LogP contribution is 2.29. The van der Waals surface area contributed by atoms with Gasteiger partial charge in [-0.25, -0.2) is 8.42 Å². The van der Waals surface area contributed by atoms with Crippen LogP contribution in [0.5, 0.6) is 0 Å². The summed E-state index contributed by atoms with van der Waals surface area (Å²) in [6.45, 7) is 0.836. The van der Waals surface area contributed by atoms with Crippen molar-refractivity contribution in [1.29, 1.82) is 0 Å². The number of carbonyl (C=O) groups excluding carboxylic acids is 1. The molecule has 0 amide bonds. The fourth-order valence-corrected chi connectivity index (χ4v) is 4.55. The summed E-state index contributed by atoms with van der Waals surface area (Å²) in [6, 6.07) is -0.174. The number of nitrogens with one attached hydrogen (secondary N) is 1. The molecule has 0 spiro atoms. The SMILES string of the molecule is COC(=O)C1CC(CC2CCS(=O)(=O)CC2)CN1. The van der Waals surface area contributed by atoms with Gasteiger partial charge in [0, 0.05) is 0 Å². The second kappa shape index (κ2) is 5.57. The van der Waals surface area contributed by atoms with Crippen molar-refractivity contribution in [2.45, 2.75) is 31.7 Å². The summed E-state index contributed by atoms with van der Waals surface area (Å²) in [5.41, 5.74) is 0. The molecule has 5 nitrogen and oxygen atoms in total. The van der Waals surface area contributed by atoms with Crippen LogP contribution in [0.3, 0.4) is 0 Å². The van der Waals surface area contributed by atoms with Gasteiger partial charge in [0.25, 0.3) is 0 Å². The van der Waals surface area contributed by atoms with Gasteiger partial charge in [-0.3, -0.25) is 4.79 Å². The molecular formula is C12H21NO4S. The Morgan fingerprint density at radius 3 is 2.56 bits per heavy atom. The molecule has 0 aromatic rings. The molecule has 2 aliphatic heterocycles. The molecular weight excluding hydrogens is 254 g/mol. The summed E-state index contributed by atoms with van der Waals surface area (Å²) in [6.07, 6.45) is 3.40. The van der Waals surface area contributed by atoms with Gasteiger partial charge in [-0.15, -0.1) is 0 Å². The number of sulfone groups is 1. The van der Waals surface area contributed by atoms with Gasteiger partial charge < -0.3 is 10.1 Å². The van der Waals surface area contributed by atoms with E-state index in [2.05, 4.69) is 5.32 Å². The monoisotopic (exact) mass is 275 g/mol. The molecule has 2 atom stereocenters. The molecule has 1 N–H and O–H groups in total. The molecule has 2 aliphatic rings. The third kappa shape index (κ3) is 3.45. The normalized spacial score (nSPS) is 32.3. The minimum absolute atomic E-state index is 0.174. The Hall–Kier alpha value is -0.620. The maximum atomic E-state index is 11.4. The summed E-state index contributed by atoms with van der Waals surface area (Å²) >= 11 is 0. The van der Waals surface area contributed by atoms with E-state index in [1.54, 1.807) is 0 Å². The van der Waals surface area contributed by atoms with Gasteiger partial charge in [-0.2, -0.15) is 0 Å². The summed E-state index contributed by atoms with van der Waals surface area (Å²) in [7, 11) is -1.36. The van der Waals surface area contributed by atoms with Crippen LogP contribution < -0.4 is 5.32 Å². The predicted octanol–water partition coefficient (Wildman–Crippen LogP) is 0.352. The Balaban J connectivity index is 1.77. The Kier molecular flexibility index (Phi) is 4.27. The first-order valence-corrected chi connectivity index (χ1v) is 8.34. The highest BCUT2D eigenvalue weighted by Gasteiger charge is 2.33. The number of esters is 1. The minimum atomic E-state index is -2.77. The fraction of sp³-hybridized carbons (Fsp3) is 0.917. The lowest BCUT2D eigenvalue weighted by Crippen LogP contribution is -2.31. The van der Waals surface area contributed by atoms with Gasteiger partial charge in [0.15, 0.2) is 0 Å². The Bertz CT molecular complexity index is 392. The molecule has 2 unspecified atom stereocenters. The molecule has 0 aromatic carbocycles. The Morgan fingerprint density at radius 2 is 1.94 bits per heavy atom. The number of carbonyl (C=O) groups is 1. The molecule has 2 saturated heterocycles. The van der Waals surface area contributed by atoms with Gasteiger partial charge in [0.2, 0.25) is 0 Å². The molecule has 0 saturated carbocycles. The van der Waals surface area contributed by atoms with E-state index >= 15 is 0 Å². The van der Waals surface area contributed by atoms with Crippen molar-refractivity contribution in [3.63, 3.8) is 0 Å². The molecule has 2 fully saturated rings. The molecule has 0 aliphatic carbocycles. The van der Waals surface area contributed by atoms with E-state index in [1.807, 2.05) is 0 Å². The quantitative estimate of drug-likeness (QED) is 0.753. The smallest absolute Gasteiger partial charge is 0.322 e. The lowest BCUT2D eigenvalue weighted by atomic mass is 9.89. The van der Waals surface area contributed by atoms with Gasteiger partial charge >= 0.3 is 5.97 Å². The van der Waals surface area contributed by atoms with Crippen LogP contribution in [0.2, 0.25) is 0 Å². The highest BCUT2D eigenvalue weighted by atomic mass is 32.2. The van der Waals surface area contributed by atoms with Crippen molar-refractivity contribution >= 4 is 15.8 Å². The summed E-state index contributed by atoms with van der Waals surface area (Å²) in [5, 5.41) is 3.17. The number of hydrogen-bond donors (Lipinski definition) is 1. The standard InChI is InChI=1S/C12H21NO4S/c1-17-12(14)11-7-10(8-13-11)6-9-2-4-18(15,16)5-3-9/h9-11,13H,2-8H2,1H3. The van der Waals surface area contributed by atoms with Crippen molar-refractivity contribution in [3.8, 4) is 0 Å². The second-order valence-electron chi connectivity index (χ2n) is 5.42. The van der Waals surface area contributed by atoms with Gasteiger partial charge in [0.1, 0.15) is 15.9 Å². The van der Waals surface area contributed by atoms with Gasteiger partial charge in [-0.1, -0.05) is 0 Å². The van der Waals surface area contributed by atoms with E-state index in [9.17, 15) is 13.2 Å². The molecule has 2 heterocycles. The zero-order valence-corrected chi connectivity index (χ0v) is 11.5. The molecule has 2 rings (SSSR count). The van der Waals surface area contributed by atoms with Crippen molar-refractivity contribution in [2.75, 3.05) is 25.2 Å². The predicted molar refractivity (Wildman–Crippen MR) is 67.9 cm³/mol. The van der Waals surface area contributed by atoms with Crippen LogP contribution in [0, 0.1) is 11.8 Å². The lowest BCUT2D eigenvalue weighted by Gasteiger charge is -2.24. The maximum absolute atomic E-state index is 11.4. The summed E-state index contributed by atoms with van der Waals surface area (Å²) < 4.78 is 27.4. The number of hydrogen-bond acceptors (Lipinski definition) is 5. The van der Waals surface area contributed by atoms with E-state index < -0.39 is 9.84 Å². The van der Waals surface area contributed by atoms with Crippen molar-refractivity contribution in [3.05, 3.63) is 0 Å². The highest BCUT2D eigenvalue weighted by molar-refractivity contribution is 7.91. The van der Waals surface area contributed by atoms with E-state index in [4.69, 9.17) is 4.74 Å². The minimum Gasteiger partial charge on any atom is -0.468 e. The van der Waals surface area contributed by atoms with Crippen LogP contribution in [0.15, 0.2) is 0 Å². The molecule has 0 aromatic heterocycles. The molecule has 6 heteroatoms. The average molecular weight is 275 g/mol. The zero-order chi connectivity index (χ0) is 13.2. The van der Waals surface area contributed by atoms with E-state index in [0.717, 1.165) is 32.2 Å². The van der Waals surface area contributed by atoms with E-state index in [0.29, 0.717) is 23.3 Å². The fourth-order valence-electron chi connectivity index (χ4n) is 2.96. The Labute approximate surface area is 108 Å². The third-order valence-electron chi connectivity index (χ3n) is 4.05. The largest absolute Gasteiger partial charge is 0.468 e. The van der Waals surface area contributed by atoms with Gasteiger partial charge in [0.05, 0.1) is 18.6 Å².